The normalized spacial score (nSPS) is 15.1. The Balaban J connectivity index is 1.81. The third kappa shape index (κ3) is 3.72. The number of ether oxygens (including phenoxy) is 1. The number of para-hydroxylation sites is 1. The molecule has 0 saturated heterocycles. The van der Waals surface area contributed by atoms with Gasteiger partial charge in [-0.15, -0.1) is 0 Å². The zero-order chi connectivity index (χ0) is 12.8. The molecule has 0 aliphatic heterocycles. The van der Waals surface area contributed by atoms with E-state index in [4.69, 9.17) is 4.74 Å². The van der Waals surface area contributed by atoms with Crippen molar-refractivity contribution in [2.75, 3.05) is 26.7 Å². The van der Waals surface area contributed by atoms with E-state index in [1.165, 1.54) is 18.4 Å². The van der Waals surface area contributed by atoms with Crippen molar-refractivity contribution in [2.24, 2.45) is 0 Å². The van der Waals surface area contributed by atoms with Crippen LogP contribution in [0.3, 0.4) is 0 Å². The van der Waals surface area contributed by atoms with Gasteiger partial charge in [-0.05, 0) is 32.5 Å². The first-order valence-electron chi connectivity index (χ1n) is 6.94. The van der Waals surface area contributed by atoms with E-state index in [2.05, 4.69) is 35.3 Å². The Bertz CT molecular complexity index is 363. The van der Waals surface area contributed by atoms with Gasteiger partial charge in [0.2, 0.25) is 0 Å². The fourth-order valence-corrected chi connectivity index (χ4v) is 2.29. The molecule has 3 heteroatoms. The van der Waals surface area contributed by atoms with Crippen LogP contribution in [-0.4, -0.2) is 37.7 Å². The van der Waals surface area contributed by atoms with E-state index in [9.17, 15) is 0 Å². The van der Waals surface area contributed by atoms with E-state index in [0.717, 1.165) is 38.0 Å². The van der Waals surface area contributed by atoms with Crippen molar-refractivity contribution in [3.05, 3.63) is 29.8 Å². The fourth-order valence-electron chi connectivity index (χ4n) is 2.29. The Morgan fingerprint density at radius 3 is 2.78 bits per heavy atom. The number of nitrogens with zero attached hydrogens (tertiary/aromatic N) is 1. The van der Waals surface area contributed by atoms with Crippen LogP contribution in [-0.2, 0) is 6.54 Å². The molecule has 0 spiro atoms. The van der Waals surface area contributed by atoms with Crippen LogP contribution < -0.4 is 10.1 Å². The van der Waals surface area contributed by atoms with Crippen LogP contribution in [0.4, 0.5) is 0 Å². The minimum atomic E-state index is 0.783. The molecule has 18 heavy (non-hydrogen) atoms. The number of rotatable bonds is 8. The molecule has 0 unspecified atom stereocenters. The molecule has 3 nitrogen and oxygen atoms in total. The van der Waals surface area contributed by atoms with Crippen LogP contribution in [0.5, 0.6) is 5.75 Å². The van der Waals surface area contributed by atoms with Gasteiger partial charge in [-0.2, -0.15) is 0 Å². The second-order valence-corrected chi connectivity index (χ2v) is 4.85. The summed E-state index contributed by atoms with van der Waals surface area (Å²) in [6.07, 6.45) is 2.73. The molecule has 0 atom stereocenters. The first-order valence-corrected chi connectivity index (χ1v) is 6.94. The van der Waals surface area contributed by atoms with Gasteiger partial charge >= 0.3 is 0 Å². The van der Waals surface area contributed by atoms with Gasteiger partial charge in [0.05, 0.1) is 0 Å². The topological polar surface area (TPSA) is 24.5 Å². The third-order valence-corrected chi connectivity index (χ3v) is 3.45. The lowest BCUT2D eigenvalue weighted by Crippen LogP contribution is -2.30. The first kappa shape index (κ1) is 13.4. The van der Waals surface area contributed by atoms with Crippen molar-refractivity contribution in [3.63, 3.8) is 0 Å². The maximum Gasteiger partial charge on any atom is 0.123 e. The number of hydrogen-bond donors (Lipinski definition) is 1. The summed E-state index contributed by atoms with van der Waals surface area (Å²) < 4.78 is 5.92. The Labute approximate surface area is 110 Å². The van der Waals surface area contributed by atoms with E-state index in [1.54, 1.807) is 0 Å². The zero-order valence-corrected chi connectivity index (χ0v) is 11.5. The quantitative estimate of drug-likeness (QED) is 0.764. The molecule has 0 radical (unpaired) electrons. The van der Waals surface area contributed by atoms with Crippen molar-refractivity contribution < 1.29 is 4.74 Å². The van der Waals surface area contributed by atoms with Crippen LogP contribution in [0, 0.1) is 0 Å². The second-order valence-electron chi connectivity index (χ2n) is 4.85. The molecule has 0 bridgehead atoms. The third-order valence-electron chi connectivity index (χ3n) is 3.45. The Kier molecular flexibility index (Phi) is 5.02. The average molecular weight is 248 g/mol. The largest absolute Gasteiger partial charge is 0.492 e. The summed E-state index contributed by atoms with van der Waals surface area (Å²) in [7, 11) is 1.96. The monoisotopic (exact) mass is 248 g/mol. The molecule has 1 N–H and O–H groups in total. The molecule has 1 fully saturated rings. The highest BCUT2D eigenvalue weighted by molar-refractivity contribution is 5.33. The van der Waals surface area contributed by atoms with Crippen LogP contribution in [0.25, 0.3) is 0 Å². The number of benzene rings is 1. The Hall–Kier alpha value is -1.06. The van der Waals surface area contributed by atoms with Gasteiger partial charge in [-0.3, -0.25) is 4.90 Å². The van der Waals surface area contributed by atoms with Crippen molar-refractivity contribution >= 4 is 0 Å². The fraction of sp³-hybridized carbons (Fsp3) is 0.600. The van der Waals surface area contributed by atoms with Crippen LogP contribution in [0.2, 0.25) is 0 Å². The molecular formula is C15H24N2O. The van der Waals surface area contributed by atoms with Gasteiger partial charge in [0.25, 0.3) is 0 Å². The van der Waals surface area contributed by atoms with Crippen molar-refractivity contribution in [3.8, 4) is 5.75 Å². The number of nitrogens with one attached hydrogen (secondary N) is 1. The molecular weight excluding hydrogens is 224 g/mol. The van der Waals surface area contributed by atoms with Gasteiger partial charge in [0.1, 0.15) is 12.4 Å². The molecule has 1 aromatic rings. The maximum atomic E-state index is 5.92. The van der Waals surface area contributed by atoms with Gasteiger partial charge in [0, 0.05) is 24.7 Å². The minimum absolute atomic E-state index is 0.783. The summed E-state index contributed by atoms with van der Waals surface area (Å²) in [4.78, 5) is 2.51. The Morgan fingerprint density at radius 1 is 1.33 bits per heavy atom. The lowest BCUT2D eigenvalue weighted by Gasteiger charge is -2.20. The number of hydrogen-bond acceptors (Lipinski definition) is 3. The lowest BCUT2D eigenvalue weighted by molar-refractivity contribution is 0.208. The molecule has 2 rings (SSSR count). The van der Waals surface area contributed by atoms with Crippen molar-refractivity contribution in [2.45, 2.75) is 32.4 Å². The predicted octanol–water partition coefficient (Wildman–Crippen LogP) is 2.27. The van der Waals surface area contributed by atoms with Gasteiger partial charge < -0.3 is 10.1 Å². The zero-order valence-electron chi connectivity index (χ0n) is 11.5. The lowest BCUT2D eigenvalue weighted by atomic mass is 10.2. The molecule has 1 saturated carbocycles. The van der Waals surface area contributed by atoms with E-state index in [-0.39, 0.29) is 0 Å². The van der Waals surface area contributed by atoms with Crippen LogP contribution in [0.15, 0.2) is 24.3 Å². The van der Waals surface area contributed by atoms with Gasteiger partial charge in [0.15, 0.2) is 0 Å². The van der Waals surface area contributed by atoms with Gasteiger partial charge in [-0.1, -0.05) is 25.1 Å². The molecule has 0 amide bonds. The highest BCUT2D eigenvalue weighted by atomic mass is 16.5. The summed E-state index contributed by atoms with van der Waals surface area (Å²) in [6, 6.07) is 9.09. The summed E-state index contributed by atoms with van der Waals surface area (Å²) in [6.45, 7) is 6.04. The predicted molar refractivity (Wildman–Crippen MR) is 75.0 cm³/mol. The molecule has 0 heterocycles. The van der Waals surface area contributed by atoms with Crippen LogP contribution in [0.1, 0.15) is 25.3 Å². The minimum Gasteiger partial charge on any atom is -0.492 e. The van der Waals surface area contributed by atoms with E-state index < -0.39 is 0 Å². The van der Waals surface area contributed by atoms with Crippen molar-refractivity contribution in [1.82, 2.24) is 10.2 Å². The van der Waals surface area contributed by atoms with E-state index in [0.29, 0.717) is 0 Å². The van der Waals surface area contributed by atoms with Crippen LogP contribution >= 0.6 is 0 Å². The standard InChI is InChI=1S/C15H24N2O/c1-3-17(14-8-9-14)10-11-18-15-7-5-4-6-13(15)12-16-2/h4-7,14,16H,3,8-12H2,1-2H3. The van der Waals surface area contributed by atoms with Gasteiger partial charge in [-0.25, -0.2) is 0 Å². The second kappa shape index (κ2) is 6.76. The molecule has 1 aliphatic carbocycles. The summed E-state index contributed by atoms with van der Waals surface area (Å²) in [5.74, 6) is 1.01. The average Bonchev–Trinajstić information content (AvgIpc) is 3.21. The summed E-state index contributed by atoms with van der Waals surface area (Å²) >= 11 is 0. The highest BCUT2D eigenvalue weighted by Crippen LogP contribution is 2.26. The van der Waals surface area contributed by atoms with Crippen molar-refractivity contribution in [1.29, 1.82) is 0 Å². The molecule has 1 aromatic carbocycles. The Morgan fingerprint density at radius 2 is 2.11 bits per heavy atom. The molecule has 1 aliphatic rings. The number of likely N-dealkylation sites (N-methyl/N-ethyl adjacent to an activating group) is 1. The van der Waals surface area contributed by atoms with E-state index >= 15 is 0 Å². The summed E-state index contributed by atoms with van der Waals surface area (Å²) in [5, 5.41) is 3.17. The SMILES string of the molecule is CCN(CCOc1ccccc1CNC)C1CC1. The van der Waals surface area contributed by atoms with E-state index in [1.807, 2.05) is 13.1 Å². The smallest absolute Gasteiger partial charge is 0.123 e. The highest BCUT2D eigenvalue weighted by Gasteiger charge is 2.27. The maximum absolute atomic E-state index is 5.92. The molecule has 0 aromatic heterocycles. The molecule has 100 valence electrons. The first-order chi connectivity index (χ1) is 8.85. The summed E-state index contributed by atoms with van der Waals surface area (Å²) in [5.41, 5.74) is 1.23.